The normalized spacial score (nSPS) is 10.0. The highest BCUT2D eigenvalue weighted by Gasteiger charge is 2.00. The van der Waals surface area contributed by atoms with Crippen molar-refractivity contribution in [1.82, 2.24) is 0 Å². The van der Waals surface area contributed by atoms with Gasteiger partial charge in [-0.15, -0.1) is 0 Å². The first kappa shape index (κ1) is 12.3. The molecular weight excluding hydrogens is 254 g/mol. The molecule has 0 aromatic heterocycles. The average molecular weight is 271 g/mol. The molecule has 3 heteroatoms. The topological polar surface area (TPSA) is 25.8 Å². The Morgan fingerprint density at radius 2 is 2.33 bits per heavy atom. The van der Waals surface area contributed by atoms with E-state index in [1.54, 1.807) is 0 Å². The summed E-state index contributed by atoms with van der Waals surface area (Å²) in [5.41, 5.74) is 1.23. The lowest BCUT2D eigenvalue weighted by Gasteiger charge is -2.07. The molecule has 1 aromatic rings. The lowest BCUT2D eigenvalue weighted by Crippen LogP contribution is -2.85. The number of halogens is 1. The Kier molecular flexibility index (Phi) is 5.43. The number of hydrogen-bond donors (Lipinski definition) is 1. The molecule has 0 bridgehead atoms. The fraction of sp³-hybridized carbons (Fsp3) is 0.333. The highest BCUT2D eigenvalue weighted by atomic mass is 79.9. The number of hydrogen-bond acceptors (Lipinski definition) is 1. The quantitative estimate of drug-likeness (QED) is 0.620. The predicted octanol–water partition coefficient (Wildman–Crippen LogP) is 1.89. The van der Waals surface area contributed by atoms with Gasteiger partial charge in [-0.3, -0.25) is 0 Å². The SMILES string of the molecule is C=CC[NH2+]CCOc1ccc(C)cc1Br. The molecule has 0 heterocycles. The van der Waals surface area contributed by atoms with Crippen molar-refractivity contribution >= 4 is 15.9 Å². The van der Waals surface area contributed by atoms with Crippen LogP contribution in [0.25, 0.3) is 0 Å². The Labute approximate surface area is 99.5 Å². The van der Waals surface area contributed by atoms with Crippen LogP contribution in [0, 0.1) is 6.92 Å². The Balaban J connectivity index is 2.34. The van der Waals surface area contributed by atoms with Gasteiger partial charge in [-0.2, -0.15) is 0 Å². The molecule has 0 amide bonds. The number of rotatable bonds is 6. The Morgan fingerprint density at radius 3 is 3.00 bits per heavy atom. The maximum atomic E-state index is 5.63. The third-order valence-corrected chi connectivity index (χ3v) is 2.62. The lowest BCUT2D eigenvalue weighted by molar-refractivity contribution is -0.646. The molecule has 0 atom stereocenters. The van der Waals surface area contributed by atoms with E-state index in [-0.39, 0.29) is 0 Å². The zero-order valence-corrected chi connectivity index (χ0v) is 10.6. The van der Waals surface area contributed by atoms with Gasteiger partial charge in [0.2, 0.25) is 0 Å². The fourth-order valence-corrected chi connectivity index (χ4v) is 1.82. The molecule has 0 unspecified atom stereocenters. The number of benzene rings is 1. The Morgan fingerprint density at radius 1 is 1.53 bits per heavy atom. The van der Waals surface area contributed by atoms with Crippen LogP contribution >= 0.6 is 15.9 Å². The molecule has 0 aliphatic heterocycles. The summed E-state index contributed by atoms with van der Waals surface area (Å²) in [4.78, 5) is 0. The van der Waals surface area contributed by atoms with Gasteiger partial charge < -0.3 is 10.1 Å². The smallest absolute Gasteiger partial charge is 0.137 e. The summed E-state index contributed by atoms with van der Waals surface area (Å²) in [6.45, 7) is 8.33. The second kappa shape index (κ2) is 6.64. The molecule has 0 fully saturated rings. The van der Waals surface area contributed by atoms with Crippen molar-refractivity contribution < 1.29 is 10.1 Å². The van der Waals surface area contributed by atoms with Gasteiger partial charge >= 0.3 is 0 Å². The van der Waals surface area contributed by atoms with Gasteiger partial charge in [0.1, 0.15) is 18.9 Å². The minimum absolute atomic E-state index is 0.718. The third-order valence-electron chi connectivity index (χ3n) is 2.00. The summed E-state index contributed by atoms with van der Waals surface area (Å²) in [7, 11) is 0. The first-order chi connectivity index (χ1) is 7.24. The summed E-state index contributed by atoms with van der Waals surface area (Å²) in [6.07, 6.45) is 1.89. The first-order valence-corrected chi connectivity index (χ1v) is 5.85. The van der Waals surface area contributed by atoms with E-state index in [4.69, 9.17) is 4.74 Å². The Bertz CT molecular complexity index is 325. The van der Waals surface area contributed by atoms with Crippen LogP contribution in [0.15, 0.2) is 35.3 Å². The van der Waals surface area contributed by atoms with Crippen LogP contribution in [0.2, 0.25) is 0 Å². The molecule has 1 rings (SSSR count). The van der Waals surface area contributed by atoms with E-state index < -0.39 is 0 Å². The fourth-order valence-electron chi connectivity index (χ4n) is 1.21. The van der Waals surface area contributed by atoms with Gasteiger partial charge in [-0.05, 0) is 46.6 Å². The summed E-state index contributed by atoms with van der Waals surface area (Å²) in [5.74, 6) is 0.910. The van der Waals surface area contributed by atoms with Crippen molar-refractivity contribution in [1.29, 1.82) is 0 Å². The molecule has 82 valence electrons. The van der Waals surface area contributed by atoms with E-state index in [2.05, 4.69) is 40.8 Å². The van der Waals surface area contributed by atoms with Gasteiger partial charge in [0, 0.05) is 0 Å². The average Bonchev–Trinajstić information content (AvgIpc) is 2.20. The first-order valence-electron chi connectivity index (χ1n) is 5.05. The van der Waals surface area contributed by atoms with Gasteiger partial charge in [0.15, 0.2) is 0 Å². The number of nitrogens with two attached hydrogens (primary N) is 1. The molecular formula is C12H17BrNO+. The summed E-state index contributed by atoms with van der Waals surface area (Å²) in [5, 5.41) is 2.16. The van der Waals surface area contributed by atoms with E-state index in [9.17, 15) is 0 Å². The van der Waals surface area contributed by atoms with Crippen molar-refractivity contribution in [2.75, 3.05) is 19.7 Å². The standard InChI is InChI=1S/C12H16BrNO/c1-3-6-14-7-8-15-12-5-4-10(2)9-11(12)13/h3-5,9,14H,1,6-8H2,2H3/p+1. The second-order valence-corrected chi connectivity index (χ2v) is 4.24. The molecule has 0 radical (unpaired) electrons. The monoisotopic (exact) mass is 270 g/mol. The van der Waals surface area contributed by atoms with Gasteiger partial charge in [-0.25, -0.2) is 0 Å². The molecule has 0 saturated carbocycles. The minimum Gasteiger partial charge on any atom is -0.487 e. The van der Waals surface area contributed by atoms with Crippen LogP contribution < -0.4 is 10.1 Å². The lowest BCUT2D eigenvalue weighted by atomic mass is 10.2. The van der Waals surface area contributed by atoms with Crippen LogP contribution in [0.3, 0.4) is 0 Å². The molecule has 2 N–H and O–H groups in total. The molecule has 0 aliphatic rings. The summed E-state index contributed by atoms with van der Waals surface area (Å²) >= 11 is 3.48. The van der Waals surface area contributed by atoms with Crippen molar-refractivity contribution in [2.45, 2.75) is 6.92 Å². The van der Waals surface area contributed by atoms with E-state index >= 15 is 0 Å². The second-order valence-electron chi connectivity index (χ2n) is 3.38. The zero-order valence-electron chi connectivity index (χ0n) is 9.00. The maximum Gasteiger partial charge on any atom is 0.137 e. The molecule has 0 saturated heterocycles. The third kappa shape index (κ3) is 4.49. The summed E-state index contributed by atoms with van der Waals surface area (Å²) in [6, 6.07) is 6.10. The largest absolute Gasteiger partial charge is 0.487 e. The molecule has 15 heavy (non-hydrogen) atoms. The van der Waals surface area contributed by atoms with Crippen LogP contribution in [-0.2, 0) is 0 Å². The van der Waals surface area contributed by atoms with E-state index in [0.29, 0.717) is 0 Å². The molecule has 1 aromatic carbocycles. The van der Waals surface area contributed by atoms with Crippen LogP contribution in [0.4, 0.5) is 0 Å². The van der Waals surface area contributed by atoms with E-state index in [0.717, 1.165) is 29.9 Å². The molecule has 0 spiro atoms. The predicted molar refractivity (Wildman–Crippen MR) is 66.2 cm³/mol. The molecule has 2 nitrogen and oxygen atoms in total. The van der Waals surface area contributed by atoms with Gasteiger partial charge in [-0.1, -0.05) is 12.6 Å². The van der Waals surface area contributed by atoms with Gasteiger partial charge in [0.05, 0.1) is 11.0 Å². The summed E-state index contributed by atoms with van der Waals surface area (Å²) < 4.78 is 6.65. The van der Waals surface area contributed by atoms with Crippen molar-refractivity contribution in [2.24, 2.45) is 0 Å². The van der Waals surface area contributed by atoms with Crippen molar-refractivity contribution in [3.05, 3.63) is 40.9 Å². The molecule has 0 aliphatic carbocycles. The highest BCUT2D eigenvalue weighted by Crippen LogP contribution is 2.25. The number of ether oxygens (including phenoxy) is 1. The van der Waals surface area contributed by atoms with Crippen LogP contribution in [-0.4, -0.2) is 19.7 Å². The Hall–Kier alpha value is -0.800. The van der Waals surface area contributed by atoms with Crippen LogP contribution in [0.1, 0.15) is 5.56 Å². The zero-order chi connectivity index (χ0) is 11.1. The van der Waals surface area contributed by atoms with Crippen molar-refractivity contribution in [3.63, 3.8) is 0 Å². The highest BCUT2D eigenvalue weighted by molar-refractivity contribution is 9.10. The minimum atomic E-state index is 0.718. The van der Waals surface area contributed by atoms with E-state index in [1.807, 2.05) is 18.2 Å². The number of aryl methyl sites for hydroxylation is 1. The maximum absolute atomic E-state index is 5.63. The van der Waals surface area contributed by atoms with Gasteiger partial charge in [0.25, 0.3) is 0 Å². The number of quaternary nitrogens is 1. The van der Waals surface area contributed by atoms with E-state index in [1.165, 1.54) is 5.56 Å². The van der Waals surface area contributed by atoms with Crippen LogP contribution in [0.5, 0.6) is 5.75 Å². The van der Waals surface area contributed by atoms with Crippen molar-refractivity contribution in [3.8, 4) is 5.75 Å².